The van der Waals surface area contributed by atoms with Crippen LogP contribution in [0, 0.1) is 47.3 Å². The van der Waals surface area contributed by atoms with Crippen LogP contribution in [0.15, 0.2) is 29.3 Å². The summed E-state index contributed by atoms with van der Waals surface area (Å²) in [5.74, 6) is -15.3. The van der Waals surface area contributed by atoms with Crippen LogP contribution in [0.25, 0.3) is 0 Å². The first-order valence-electron chi connectivity index (χ1n) is 9.02. The van der Waals surface area contributed by atoms with Gasteiger partial charge in [-0.15, -0.1) is 0 Å². The maximum Gasteiger partial charge on any atom is 0.271 e. The molecule has 3 rings (SSSR count). The first kappa shape index (κ1) is 23.4. The van der Waals surface area contributed by atoms with Gasteiger partial charge in [-0.3, -0.25) is 19.1 Å². The van der Waals surface area contributed by atoms with Gasteiger partial charge in [0.05, 0.1) is 12.1 Å². The van der Waals surface area contributed by atoms with Crippen molar-refractivity contribution in [3.05, 3.63) is 86.2 Å². The molecular weight excluding hydrogens is 453 g/mol. The lowest BCUT2D eigenvalue weighted by Crippen LogP contribution is -2.28. The van der Waals surface area contributed by atoms with E-state index in [0.717, 1.165) is 0 Å². The highest BCUT2D eigenvalue weighted by Gasteiger charge is 2.29. The van der Waals surface area contributed by atoms with Crippen LogP contribution in [0.4, 0.5) is 22.0 Å². The van der Waals surface area contributed by atoms with E-state index in [1.165, 1.54) is 19.3 Å². The lowest BCUT2D eigenvalue weighted by molar-refractivity contribution is 0.0908. The van der Waals surface area contributed by atoms with Crippen LogP contribution < -0.4 is 10.3 Å². The standard InChI is InChI=1S/C21H12F5N3O4/c1-9-11(5-27)20(31)29(7-10-3-2-4-28-6-10)21(32)13(9)12(30)8-33-19-17(25)15(23)14(22)16(24)18(19)26/h2-4,6,32H,7-8H2,1H3. The number of benzene rings is 1. The molecule has 0 atom stereocenters. The minimum Gasteiger partial charge on any atom is -0.494 e. The number of ketones is 1. The highest BCUT2D eigenvalue weighted by molar-refractivity contribution is 6.01. The van der Waals surface area contributed by atoms with E-state index in [1.54, 1.807) is 18.2 Å². The zero-order valence-electron chi connectivity index (χ0n) is 16.6. The molecule has 1 aromatic carbocycles. The van der Waals surface area contributed by atoms with Gasteiger partial charge in [0.1, 0.15) is 11.6 Å². The van der Waals surface area contributed by atoms with Crippen molar-refractivity contribution >= 4 is 5.78 Å². The number of carbonyl (C=O) groups is 1. The lowest BCUT2D eigenvalue weighted by Gasteiger charge is -2.16. The maximum absolute atomic E-state index is 13.8. The number of rotatable bonds is 6. The van der Waals surface area contributed by atoms with Gasteiger partial charge < -0.3 is 9.84 Å². The molecule has 0 unspecified atom stereocenters. The molecule has 0 aliphatic heterocycles. The van der Waals surface area contributed by atoms with Crippen molar-refractivity contribution < 1.29 is 36.6 Å². The van der Waals surface area contributed by atoms with Crippen LogP contribution >= 0.6 is 0 Å². The molecule has 2 heterocycles. The average molecular weight is 465 g/mol. The number of Topliss-reactive ketones (excluding diaryl/α,β-unsaturated/α-hetero) is 1. The summed E-state index contributed by atoms with van der Waals surface area (Å²) >= 11 is 0. The number of pyridine rings is 2. The van der Waals surface area contributed by atoms with Crippen molar-refractivity contribution in [1.29, 1.82) is 5.26 Å². The highest BCUT2D eigenvalue weighted by atomic mass is 19.2. The Kier molecular flexibility index (Phi) is 6.43. The van der Waals surface area contributed by atoms with Gasteiger partial charge in [-0.25, -0.2) is 13.2 Å². The quantitative estimate of drug-likeness (QED) is 0.260. The Balaban J connectivity index is 2.03. The fraction of sp³-hybridized carbons (Fsp3) is 0.143. The van der Waals surface area contributed by atoms with Crippen molar-refractivity contribution in [3.8, 4) is 17.7 Å². The van der Waals surface area contributed by atoms with Gasteiger partial charge >= 0.3 is 0 Å². The molecule has 0 saturated carbocycles. The Morgan fingerprint density at radius 1 is 1.15 bits per heavy atom. The molecule has 0 fully saturated rings. The third kappa shape index (κ3) is 4.12. The normalized spacial score (nSPS) is 10.7. The van der Waals surface area contributed by atoms with E-state index in [-0.39, 0.29) is 12.1 Å². The fourth-order valence-corrected chi connectivity index (χ4v) is 3.03. The van der Waals surface area contributed by atoms with Crippen LogP contribution in [0.3, 0.4) is 0 Å². The molecule has 0 radical (unpaired) electrons. The van der Waals surface area contributed by atoms with E-state index >= 15 is 0 Å². The molecule has 12 heteroatoms. The Morgan fingerprint density at radius 2 is 1.76 bits per heavy atom. The van der Waals surface area contributed by atoms with Crippen molar-refractivity contribution in [3.63, 3.8) is 0 Å². The van der Waals surface area contributed by atoms with Crippen molar-refractivity contribution in [2.75, 3.05) is 6.61 Å². The van der Waals surface area contributed by atoms with Gasteiger partial charge in [0.2, 0.25) is 40.7 Å². The zero-order chi connectivity index (χ0) is 24.4. The second kappa shape index (κ2) is 9.07. The third-order valence-electron chi connectivity index (χ3n) is 4.66. The first-order chi connectivity index (χ1) is 15.6. The monoisotopic (exact) mass is 465 g/mol. The highest BCUT2D eigenvalue weighted by Crippen LogP contribution is 2.30. The zero-order valence-corrected chi connectivity index (χ0v) is 16.6. The number of hydrogen-bond acceptors (Lipinski definition) is 6. The van der Waals surface area contributed by atoms with Gasteiger partial charge in [0.25, 0.3) is 5.56 Å². The minimum atomic E-state index is -2.40. The molecule has 0 saturated heterocycles. The summed E-state index contributed by atoms with van der Waals surface area (Å²) in [6.07, 6.45) is 2.82. The summed E-state index contributed by atoms with van der Waals surface area (Å²) in [5.41, 5.74) is -1.85. The summed E-state index contributed by atoms with van der Waals surface area (Å²) < 4.78 is 72.7. The second-order valence-corrected chi connectivity index (χ2v) is 6.67. The maximum atomic E-state index is 13.8. The SMILES string of the molecule is Cc1c(C(=O)COc2c(F)c(F)c(F)c(F)c2F)c(O)n(Cc2cccnc2)c(=O)c1C#N. The van der Waals surface area contributed by atoms with E-state index < -0.39 is 69.8 Å². The Morgan fingerprint density at radius 3 is 2.30 bits per heavy atom. The number of nitrogens with zero attached hydrogens (tertiary/aromatic N) is 3. The van der Waals surface area contributed by atoms with E-state index in [0.29, 0.717) is 10.1 Å². The van der Waals surface area contributed by atoms with Crippen LogP contribution in [0.5, 0.6) is 11.6 Å². The number of aromatic nitrogens is 2. The number of hydrogen-bond donors (Lipinski definition) is 1. The molecular formula is C21H12F5N3O4. The summed E-state index contributed by atoms with van der Waals surface area (Å²) in [4.78, 5) is 29.1. The third-order valence-corrected chi connectivity index (χ3v) is 4.66. The number of aromatic hydroxyl groups is 1. The van der Waals surface area contributed by atoms with Crippen molar-refractivity contribution in [1.82, 2.24) is 9.55 Å². The summed E-state index contributed by atoms with van der Waals surface area (Å²) in [6.45, 7) is -0.394. The van der Waals surface area contributed by atoms with Crippen LogP contribution in [-0.4, -0.2) is 27.0 Å². The molecule has 1 N–H and O–H groups in total. The fourth-order valence-electron chi connectivity index (χ4n) is 3.03. The molecule has 170 valence electrons. The van der Waals surface area contributed by atoms with E-state index in [2.05, 4.69) is 9.72 Å². The van der Waals surface area contributed by atoms with Gasteiger partial charge in [0.15, 0.2) is 12.4 Å². The minimum absolute atomic E-state index is 0.256. The summed E-state index contributed by atoms with van der Waals surface area (Å²) in [5, 5.41) is 19.9. The Bertz CT molecular complexity index is 1340. The van der Waals surface area contributed by atoms with E-state index in [9.17, 15) is 41.9 Å². The lowest BCUT2D eigenvalue weighted by atomic mass is 10.0. The van der Waals surface area contributed by atoms with Gasteiger partial charge in [-0.05, 0) is 24.1 Å². The molecule has 7 nitrogen and oxygen atoms in total. The molecule has 0 aliphatic carbocycles. The smallest absolute Gasteiger partial charge is 0.271 e. The number of nitriles is 1. The predicted molar refractivity (Wildman–Crippen MR) is 101 cm³/mol. The average Bonchev–Trinajstić information content (AvgIpc) is 2.80. The molecule has 0 spiro atoms. The van der Waals surface area contributed by atoms with Gasteiger partial charge in [0, 0.05) is 12.4 Å². The molecule has 2 aromatic heterocycles. The van der Waals surface area contributed by atoms with Crippen LogP contribution in [-0.2, 0) is 6.54 Å². The topological polar surface area (TPSA) is 105 Å². The van der Waals surface area contributed by atoms with Gasteiger partial charge in [-0.2, -0.15) is 14.0 Å². The first-order valence-corrected chi connectivity index (χ1v) is 9.02. The predicted octanol–water partition coefficient (Wildman–Crippen LogP) is 3.13. The molecule has 0 bridgehead atoms. The molecule has 0 aliphatic rings. The molecule has 0 amide bonds. The van der Waals surface area contributed by atoms with Gasteiger partial charge in [-0.1, -0.05) is 6.07 Å². The number of carbonyl (C=O) groups excluding carboxylic acids is 1. The Hall–Kier alpha value is -4.27. The number of halogens is 5. The summed E-state index contributed by atoms with van der Waals surface area (Å²) in [7, 11) is 0. The molecule has 33 heavy (non-hydrogen) atoms. The van der Waals surface area contributed by atoms with E-state index in [4.69, 9.17) is 0 Å². The second-order valence-electron chi connectivity index (χ2n) is 6.67. The largest absolute Gasteiger partial charge is 0.494 e. The van der Waals surface area contributed by atoms with Crippen LogP contribution in [0.1, 0.15) is 27.0 Å². The molecule has 3 aromatic rings. The van der Waals surface area contributed by atoms with Crippen molar-refractivity contribution in [2.24, 2.45) is 0 Å². The Labute approximate surface area is 181 Å². The van der Waals surface area contributed by atoms with Crippen molar-refractivity contribution in [2.45, 2.75) is 13.5 Å². The van der Waals surface area contributed by atoms with Crippen LogP contribution in [0.2, 0.25) is 0 Å². The van der Waals surface area contributed by atoms with E-state index in [1.807, 2.05) is 0 Å². The number of ether oxygens (including phenoxy) is 1. The summed E-state index contributed by atoms with van der Waals surface area (Å²) in [6, 6.07) is 4.71.